The molecule has 15 heavy (non-hydrogen) atoms. The molecule has 0 aromatic carbocycles. The molecule has 0 saturated heterocycles. The van der Waals surface area contributed by atoms with Crippen LogP contribution < -0.4 is 5.32 Å². The maximum Gasteiger partial charge on any atom is 0.0182 e. The van der Waals surface area contributed by atoms with Crippen molar-refractivity contribution < 1.29 is 0 Å². The Balaban J connectivity index is 1.77. The van der Waals surface area contributed by atoms with Gasteiger partial charge in [-0.1, -0.05) is 13.0 Å². The number of thiophene rings is 1. The first-order chi connectivity index (χ1) is 7.29. The fourth-order valence-corrected chi connectivity index (χ4v) is 4.17. The molecule has 0 aliphatic heterocycles. The molecule has 2 fully saturated rings. The van der Waals surface area contributed by atoms with Crippen molar-refractivity contribution in [3.8, 4) is 0 Å². The van der Waals surface area contributed by atoms with Crippen LogP contribution in [0.25, 0.3) is 0 Å². The van der Waals surface area contributed by atoms with E-state index in [0.717, 1.165) is 12.0 Å². The van der Waals surface area contributed by atoms with Crippen LogP contribution in [0.2, 0.25) is 0 Å². The zero-order valence-corrected chi connectivity index (χ0v) is 10.2. The van der Waals surface area contributed by atoms with Crippen LogP contribution in [0.3, 0.4) is 0 Å². The average molecular weight is 221 g/mol. The van der Waals surface area contributed by atoms with Crippen molar-refractivity contribution in [3.05, 3.63) is 22.4 Å². The topological polar surface area (TPSA) is 12.0 Å². The maximum atomic E-state index is 3.55. The van der Waals surface area contributed by atoms with E-state index in [1.807, 2.05) is 11.3 Å². The van der Waals surface area contributed by atoms with Gasteiger partial charge in [0.25, 0.3) is 0 Å². The van der Waals surface area contributed by atoms with Crippen LogP contribution in [0.1, 0.15) is 37.5 Å². The molecule has 0 radical (unpaired) electrons. The molecule has 2 aliphatic rings. The highest BCUT2D eigenvalue weighted by atomic mass is 32.1. The van der Waals surface area contributed by atoms with Gasteiger partial charge in [0.2, 0.25) is 0 Å². The molecule has 82 valence electrons. The largest absolute Gasteiger partial charge is 0.316 e. The van der Waals surface area contributed by atoms with Gasteiger partial charge < -0.3 is 5.32 Å². The van der Waals surface area contributed by atoms with Gasteiger partial charge in [-0.2, -0.15) is 0 Å². The van der Waals surface area contributed by atoms with E-state index >= 15 is 0 Å². The van der Waals surface area contributed by atoms with Gasteiger partial charge in [-0.15, -0.1) is 11.3 Å². The fourth-order valence-electron chi connectivity index (χ4n) is 3.25. The summed E-state index contributed by atoms with van der Waals surface area (Å²) >= 11 is 1.94. The van der Waals surface area contributed by atoms with Crippen LogP contribution >= 0.6 is 11.3 Å². The Hall–Kier alpha value is -0.340. The molecule has 2 aliphatic carbocycles. The normalized spacial score (nSPS) is 25.1. The molecule has 1 aromatic rings. The van der Waals surface area contributed by atoms with Crippen LogP contribution in [0.5, 0.6) is 0 Å². The highest BCUT2D eigenvalue weighted by Gasteiger charge is 2.61. The molecular weight excluding hydrogens is 202 g/mol. The van der Waals surface area contributed by atoms with E-state index in [1.165, 1.54) is 32.2 Å². The van der Waals surface area contributed by atoms with Crippen molar-refractivity contribution in [2.45, 2.75) is 38.0 Å². The van der Waals surface area contributed by atoms with Crippen LogP contribution in [-0.2, 0) is 5.41 Å². The van der Waals surface area contributed by atoms with Crippen molar-refractivity contribution in [1.29, 1.82) is 0 Å². The zero-order valence-electron chi connectivity index (χ0n) is 9.38. The third kappa shape index (κ3) is 1.55. The van der Waals surface area contributed by atoms with Gasteiger partial charge in [0, 0.05) is 16.8 Å². The lowest BCUT2D eigenvalue weighted by Crippen LogP contribution is -2.49. The predicted octanol–water partition coefficient (Wildman–Crippen LogP) is 3.17. The number of hydrogen-bond acceptors (Lipinski definition) is 2. The average Bonchev–Trinajstić information content (AvgIpc) is 2.78. The van der Waals surface area contributed by atoms with Gasteiger partial charge in [0.1, 0.15) is 0 Å². The minimum absolute atomic E-state index is 0.501. The van der Waals surface area contributed by atoms with Crippen LogP contribution in [0.4, 0.5) is 0 Å². The van der Waals surface area contributed by atoms with E-state index in [0.29, 0.717) is 5.41 Å². The SMILES string of the molecule is CCNCC1(c2cccs2)CC2(CC2)C1. The second-order valence-corrected chi connectivity index (χ2v) is 6.34. The van der Waals surface area contributed by atoms with E-state index in [4.69, 9.17) is 0 Å². The molecule has 1 heterocycles. The molecule has 1 nitrogen and oxygen atoms in total. The highest BCUT2D eigenvalue weighted by Crippen LogP contribution is 2.69. The van der Waals surface area contributed by atoms with Gasteiger partial charge in [-0.05, 0) is 49.1 Å². The molecule has 2 heteroatoms. The quantitative estimate of drug-likeness (QED) is 0.823. The first-order valence-electron chi connectivity index (χ1n) is 6.03. The van der Waals surface area contributed by atoms with E-state index in [9.17, 15) is 0 Å². The van der Waals surface area contributed by atoms with Gasteiger partial charge in [-0.25, -0.2) is 0 Å². The molecule has 0 amide bonds. The van der Waals surface area contributed by atoms with Crippen molar-refractivity contribution in [2.75, 3.05) is 13.1 Å². The summed E-state index contributed by atoms with van der Waals surface area (Å²) in [6, 6.07) is 4.53. The molecule has 2 saturated carbocycles. The van der Waals surface area contributed by atoms with Crippen molar-refractivity contribution in [2.24, 2.45) is 5.41 Å². The Morgan fingerprint density at radius 1 is 1.40 bits per heavy atom. The minimum atomic E-state index is 0.501. The third-order valence-electron chi connectivity index (χ3n) is 4.14. The Bertz CT molecular complexity index is 329. The van der Waals surface area contributed by atoms with Crippen molar-refractivity contribution >= 4 is 11.3 Å². The molecule has 0 atom stereocenters. The van der Waals surface area contributed by atoms with Gasteiger partial charge in [-0.3, -0.25) is 0 Å². The van der Waals surface area contributed by atoms with Crippen LogP contribution in [0.15, 0.2) is 17.5 Å². The maximum absolute atomic E-state index is 3.55. The zero-order chi connectivity index (χ0) is 10.4. The smallest absolute Gasteiger partial charge is 0.0182 e. The molecular formula is C13H19NS. The minimum Gasteiger partial charge on any atom is -0.316 e. The van der Waals surface area contributed by atoms with Gasteiger partial charge in [0.15, 0.2) is 0 Å². The number of rotatable bonds is 4. The summed E-state index contributed by atoms with van der Waals surface area (Å²) in [5.74, 6) is 0. The van der Waals surface area contributed by atoms with E-state index < -0.39 is 0 Å². The molecule has 1 N–H and O–H groups in total. The standard InChI is InChI=1S/C13H19NS/c1-2-14-10-13(11-4-3-7-15-11)8-12(9-13)5-6-12/h3-4,7,14H,2,5-6,8-10H2,1H3. The Morgan fingerprint density at radius 2 is 2.20 bits per heavy atom. The first-order valence-corrected chi connectivity index (χ1v) is 6.91. The van der Waals surface area contributed by atoms with E-state index in [2.05, 4.69) is 29.8 Å². The summed E-state index contributed by atoms with van der Waals surface area (Å²) < 4.78 is 0. The lowest BCUT2D eigenvalue weighted by molar-refractivity contribution is 0.120. The molecule has 1 aromatic heterocycles. The molecule has 1 spiro atoms. The molecule has 3 rings (SSSR count). The fraction of sp³-hybridized carbons (Fsp3) is 0.692. The second-order valence-electron chi connectivity index (χ2n) is 5.39. The highest BCUT2D eigenvalue weighted by molar-refractivity contribution is 7.10. The summed E-state index contributed by atoms with van der Waals surface area (Å²) in [5, 5.41) is 5.77. The summed E-state index contributed by atoms with van der Waals surface area (Å²) in [6.07, 6.45) is 5.86. The van der Waals surface area contributed by atoms with Crippen LogP contribution in [-0.4, -0.2) is 13.1 Å². The number of hydrogen-bond donors (Lipinski definition) is 1. The Kier molecular flexibility index (Phi) is 2.18. The number of likely N-dealkylation sites (N-methyl/N-ethyl adjacent to an activating group) is 1. The molecule has 0 bridgehead atoms. The van der Waals surface area contributed by atoms with Gasteiger partial charge >= 0.3 is 0 Å². The van der Waals surface area contributed by atoms with E-state index in [-0.39, 0.29) is 0 Å². The lowest BCUT2D eigenvalue weighted by atomic mass is 9.58. The Labute approximate surface area is 95.9 Å². The first kappa shape index (κ1) is 9.86. The summed E-state index contributed by atoms with van der Waals surface area (Å²) in [7, 11) is 0. The van der Waals surface area contributed by atoms with Crippen LogP contribution in [0, 0.1) is 5.41 Å². The summed E-state index contributed by atoms with van der Waals surface area (Å²) in [5.41, 5.74) is 1.29. The Morgan fingerprint density at radius 3 is 2.73 bits per heavy atom. The van der Waals surface area contributed by atoms with Gasteiger partial charge in [0.05, 0.1) is 0 Å². The van der Waals surface area contributed by atoms with Crippen molar-refractivity contribution in [1.82, 2.24) is 5.32 Å². The number of nitrogens with one attached hydrogen (secondary N) is 1. The second kappa shape index (κ2) is 3.33. The lowest BCUT2D eigenvalue weighted by Gasteiger charge is -2.48. The predicted molar refractivity (Wildman–Crippen MR) is 65.4 cm³/mol. The van der Waals surface area contributed by atoms with Crippen molar-refractivity contribution in [3.63, 3.8) is 0 Å². The third-order valence-corrected chi connectivity index (χ3v) is 5.26. The summed E-state index contributed by atoms with van der Waals surface area (Å²) in [4.78, 5) is 1.61. The molecule has 0 unspecified atom stereocenters. The monoisotopic (exact) mass is 221 g/mol. The van der Waals surface area contributed by atoms with E-state index in [1.54, 1.807) is 4.88 Å². The summed E-state index contributed by atoms with van der Waals surface area (Å²) in [6.45, 7) is 4.49.